The Balaban J connectivity index is 2.03. The molecule has 3 heteroatoms. The maximum Gasteiger partial charge on any atom is 0.169 e. The Bertz CT molecular complexity index is 217. The topological polar surface area (TPSA) is 18.5 Å². The number of rotatable bonds is 1. The van der Waals surface area contributed by atoms with Crippen molar-refractivity contribution < 1.29 is 9.47 Å². The Hall–Kier alpha value is 0.400. The molecule has 14 heavy (non-hydrogen) atoms. The smallest absolute Gasteiger partial charge is 0.169 e. The minimum atomic E-state index is -0.250. The van der Waals surface area contributed by atoms with E-state index in [1.54, 1.807) is 0 Å². The highest BCUT2D eigenvalue weighted by Crippen LogP contribution is 2.46. The quantitative estimate of drug-likeness (QED) is 0.677. The van der Waals surface area contributed by atoms with Crippen LogP contribution in [0.1, 0.15) is 39.5 Å². The van der Waals surface area contributed by atoms with Gasteiger partial charge in [-0.1, -0.05) is 29.8 Å². The SMILES string of the molecule is CC1(C)CCCC2(C1)OCC(CBr)O2. The molecule has 0 N–H and O–H groups in total. The molecule has 2 unspecified atom stereocenters. The summed E-state index contributed by atoms with van der Waals surface area (Å²) in [4.78, 5) is 0. The van der Waals surface area contributed by atoms with Crippen LogP contribution in [0.15, 0.2) is 0 Å². The van der Waals surface area contributed by atoms with Gasteiger partial charge < -0.3 is 9.47 Å². The zero-order valence-corrected chi connectivity index (χ0v) is 10.6. The van der Waals surface area contributed by atoms with E-state index in [1.165, 1.54) is 12.8 Å². The van der Waals surface area contributed by atoms with Gasteiger partial charge >= 0.3 is 0 Å². The van der Waals surface area contributed by atoms with Crippen LogP contribution in [0.5, 0.6) is 0 Å². The zero-order valence-electron chi connectivity index (χ0n) is 9.01. The lowest BCUT2D eigenvalue weighted by molar-refractivity contribution is -0.205. The molecule has 1 heterocycles. The Kier molecular flexibility index (Phi) is 2.93. The molecule has 2 rings (SSSR count). The van der Waals surface area contributed by atoms with Crippen molar-refractivity contribution in [2.75, 3.05) is 11.9 Å². The molecule has 0 aromatic heterocycles. The van der Waals surface area contributed by atoms with Crippen LogP contribution in [0.4, 0.5) is 0 Å². The normalized spacial score (nSPS) is 41.8. The average Bonchev–Trinajstić information content (AvgIpc) is 2.46. The lowest BCUT2D eigenvalue weighted by atomic mass is 9.74. The van der Waals surface area contributed by atoms with Gasteiger partial charge in [-0.25, -0.2) is 0 Å². The molecule has 1 aliphatic carbocycles. The van der Waals surface area contributed by atoms with E-state index in [-0.39, 0.29) is 11.9 Å². The van der Waals surface area contributed by atoms with Crippen molar-refractivity contribution in [3.63, 3.8) is 0 Å². The molecule has 1 saturated carbocycles. The first-order chi connectivity index (χ1) is 6.55. The summed E-state index contributed by atoms with van der Waals surface area (Å²) in [7, 11) is 0. The Labute approximate surface area is 94.5 Å². The third-order valence-electron chi connectivity index (χ3n) is 3.24. The van der Waals surface area contributed by atoms with Gasteiger partial charge in [-0.15, -0.1) is 0 Å². The van der Waals surface area contributed by atoms with Crippen LogP contribution in [0, 0.1) is 5.41 Å². The largest absolute Gasteiger partial charge is 0.347 e. The first kappa shape index (κ1) is 10.9. The lowest BCUT2D eigenvalue weighted by Crippen LogP contribution is -2.40. The maximum absolute atomic E-state index is 6.01. The van der Waals surface area contributed by atoms with Gasteiger partial charge in [0, 0.05) is 18.2 Å². The van der Waals surface area contributed by atoms with Crippen molar-refractivity contribution in [2.45, 2.75) is 51.4 Å². The van der Waals surface area contributed by atoms with E-state index >= 15 is 0 Å². The fourth-order valence-corrected chi connectivity index (χ4v) is 2.98. The van der Waals surface area contributed by atoms with Crippen LogP contribution in [-0.2, 0) is 9.47 Å². The van der Waals surface area contributed by atoms with E-state index in [1.807, 2.05) is 0 Å². The summed E-state index contributed by atoms with van der Waals surface area (Å²) in [6.07, 6.45) is 4.88. The monoisotopic (exact) mass is 262 g/mol. The van der Waals surface area contributed by atoms with Gasteiger partial charge in [0.15, 0.2) is 5.79 Å². The molecule has 2 fully saturated rings. The van der Waals surface area contributed by atoms with E-state index in [2.05, 4.69) is 29.8 Å². The first-order valence-corrected chi connectivity index (χ1v) is 6.55. The summed E-state index contributed by atoms with van der Waals surface area (Å²) in [6.45, 7) is 5.37. The van der Waals surface area contributed by atoms with E-state index in [4.69, 9.17) is 9.47 Å². The average molecular weight is 263 g/mol. The van der Waals surface area contributed by atoms with Crippen LogP contribution in [0.2, 0.25) is 0 Å². The van der Waals surface area contributed by atoms with Crippen LogP contribution in [-0.4, -0.2) is 23.8 Å². The molecule has 2 aliphatic rings. The van der Waals surface area contributed by atoms with Crippen LogP contribution in [0.25, 0.3) is 0 Å². The molecule has 0 radical (unpaired) electrons. The lowest BCUT2D eigenvalue weighted by Gasteiger charge is -2.41. The first-order valence-electron chi connectivity index (χ1n) is 5.43. The third-order valence-corrected chi connectivity index (χ3v) is 3.97. The molecule has 2 atom stereocenters. The van der Waals surface area contributed by atoms with Crippen molar-refractivity contribution in [1.82, 2.24) is 0 Å². The van der Waals surface area contributed by atoms with Gasteiger partial charge in [0.25, 0.3) is 0 Å². The van der Waals surface area contributed by atoms with Gasteiger partial charge in [0.05, 0.1) is 12.7 Å². The number of halogens is 1. The molecule has 0 aromatic rings. The van der Waals surface area contributed by atoms with Gasteiger partial charge in [-0.2, -0.15) is 0 Å². The number of alkyl halides is 1. The van der Waals surface area contributed by atoms with Gasteiger partial charge in [-0.3, -0.25) is 0 Å². The molecule has 1 spiro atoms. The minimum Gasteiger partial charge on any atom is -0.347 e. The molecular weight excluding hydrogens is 244 g/mol. The van der Waals surface area contributed by atoms with E-state index in [9.17, 15) is 0 Å². The Morgan fingerprint density at radius 3 is 2.71 bits per heavy atom. The highest BCUT2D eigenvalue weighted by Gasteiger charge is 2.47. The fraction of sp³-hybridized carbons (Fsp3) is 1.00. The van der Waals surface area contributed by atoms with Gasteiger partial charge in [0.1, 0.15) is 0 Å². The van der Waals surface area contributed by atoms with Crippen molar-refractivity contribution in [1.29, 1.82) is 0 Å². The maximum atomic E-state index is 6.01. The second kappa shape index (κ2) is 3.76. The highest BCUT2D eigenvalue weighted by molar-refractivity contribution is 9.09. The van der Waals surface area contributed by atoms with Crippen LogP contribution >= 0.6 is 15.9 Å². The van der Waals surface area contributed by atoms with Crippen LogP contribution in [0.3, 0.4) is 0 Å². The third kappa shape index (κ3) is 2.15. The van der Waals surface area contributed by atoms with Gasteiger partial charge in [-0.05, 0) is 18.3 Å². The molecule has 0 aromatic carbocycles. The number of ether oxygens (including phenoxy) is 2. The number of hydrogen-bond donors (Lipinski definition) is 0. The molecule has 1 aliphatic heterocycles. The Morgan fingerprint density at radius 1 is 1.36 bits per heavy atom. The standard InChI is InChI=1S/C11H19BrO2/c1-10(2)4-3-5-11(8-10)13-7-9(6-12)14-11/h9H,3-8H2,1-2H3. The molecule has 82 valence electrons. The summed E-state index contributed by atoms with van der Waals surface area (Å²) in [5.41, 5.74) is 0.374. The summed E-state index contributed by atoms with van der Waals surface area (Å²) in [5, 5.41) is 0.884. The predicted octanol–water partition coefficient (Wildman–Crippen LogP) is 3.09. The van der Waals surface area contributed by atoms with Crippen molar-refractivity contribution >= 4 is 15.9 Å². The summed E-state index contributed by atoms with van der Waals surface area (Å²) in [5.74, 6) is -0.250. The number of hydrogen-bond acceptors (Lipinski definition) is 2. The summed E-state index contributed by atoms with van der Waals surface area (Å²) < 4.78 is 11.9. The fourth-order valence-electron chi connectivity index (χ4n) is 2.66. The van der Waals surface area contributed by atoms with Crippen molar-refractivity contribution in [3.8, 4) is 0 Å². The van der Waals surface area contributed by atoms with Crippen molar-refractivity contribution in [2.24, 2.45) is 5.41 Å². The van der Waals surface area contributed by atoms with Crippen molar-refractivity contribution in [3.05, 3.63) is 0 Å². The second-order valence-corrected chi connectivity index (χ2v) is 5.96. The van der Waals surface area contributed by atoms with Crippen LogP contribution < -0.4 is 0 Å². The van der Waals surface area contributed by atoms with E-state index < -0.39 is 0 Å². The second-order valence-electron chi connectivity index (χ2n) is 5.31. The summed E-state index contributed by atoms with van der Waals surface area (Å²) >= 11 is 3.45. The Morgan fingerprint density at radius 2 is 2.14 bits per heavy atom. The molecule has 2 nitrogen and oxygen atoms in total. The predicted molar refractivity (Wildman–Crippen MR) is 59.6 cm³/mol. The summed E-state index contributed by atoms with van der Waals surface area (Å²) in [6, 6.07) is 0. The molecule has 0 amide bonds. The molecular formula is C11H19BrO2. The molecule has 0 bridgehead atoms. The van der Waals surface area contributed by atoms with E-state index in [0.29, 0.717) is 5.41 Å². The van der Waals surface area contributed by atoms with Gasteiger partial charge in [0.2, 0.25) is 0 Å². The molecule has 1 saturated heterocycles. The zero-order chi connectivity index (χ0) is 10.2. The van der Waals surface area contributed by atoms with E-state index in [0.717, 1.165) is 24.8 Å². The minimum absolute atomic E-state index is 0.250. The highest BCUT2D eigenvalue weighted by atomic mass is 79.9.